The molecule has 0 fully saturated rings. The molecule has 2 rings (SSSR count). The highest BCUT2D eigenvalue weighted by molar-refractivity contribution is 7.95. The zero-order valence-electron chi connectivity index (χ0n) is 13.1. The number of sulfonamides is 1. The van der Waals surface area contributed by atoms with Gasteiger partial charge in [0.2, 0.25) is 0 Å². The van der Waals surface area contributed by atoms with E-state index in [1.54, 1.807) is 6.08 Å². The number of hydrogen-bond acceptors (Lipinski definition) is 2. The topological polar surface area (TPSA) is 46.2 Å². The van der Waals surface area contributed by atoms with Crippen LogP contribution in [-0.2, 0) is 16.4 Å². The van der Waals surface area contributed by atoms with Gasteiger partial charge >= 0.3 is 0 Å². The lowest BCUT2D eigenvalue weighted by atomic mass is 10.1. The van der Waals surface area contributed by atoms with Gasteiger partial charge < -0.3 is 0 Å². The molecular formula is C18H21NO2S. The van der Waals surface area contributed by atoms with E-state index in [4.69, 9.17) is 0 Å². The predicted octanol–water partition coefficient (Wildman–Crippen LogP) is 4.28. The summed E-state index contributed by atoms with van der Waals surface area (Å²) in [4.78, 5) is 0. The zero-order valence-corrected chi connectivity index (χ0v) is 13.9. The van der Waals surface area contributed by atoms with Crippen LogP contribution in [0.2, 0.25) is 0 Å². The Bertz CT molecular complexity index is 775. The van der Waals surface area contributed by atoms with Crippen molar-refractivity contribution in [3.05, 3.63) is 70.1 Å². The van der Waals surface area contributed by atoms with E-state index < -0.39 is 10.0 Å². The fourth-order valence-electron chi connectivity index (χ4n) is 2.19. The van der Waals surface area contributed by atoms with Crippen molar-refractivity contribution >= 4 is 21.8 Å². The van der Waals surface area contributed by atoms with Crippen molar-refractivity contribution < 1.29 is 8.42 Å². The van der Waals surface area contributed by atoms with Crippen molar-refractivity contribution in [2.75, 3.05) is 4.72 Å². The Morgan fingerprint density at radius 1 is 1.05 bits per heavy atom. The molecule has 0 radical (unpaired) electrons. The molecule has 3 nitrogen and oxygen atoms in total. The van der Waals surface area contributed by atoms with Crippen LogP contribution in [0.15, 0.2) is 47.9 Å². The van der Waals surface area contributed by atoms with Gasteiger partial charge in [0.25, 0.3) is 10.0 Å². The second kappa shape index (κ2) is 6.79. The molecular weight excluding hydrogens is 294 g/mol. The smallest absolute Gasteiger partial charge is 0.255 e. The van der Waals surface area contributed by atoms with Crippen LogP contribution in [0.4, 0.5) is 5.69 Å². The van der Waals surface area contributed by atoms with Crippen molar-refractivity contribution in [2.24, 2.45) is 0 Å². The van der Waals surface area contributed by atoms with Crippen LogP contribution in [0.3, 0.4) is 0 Å². The fraction of sp³-hybridized carbons (Fsp3) is 0.222. The van der Waals surface area contributed by atoms with Crippen LogP contribution in [-0.4, -0.2) is 8.42 Å². The van der Waals surface area contributed by atoms with Crippen molar-refractivity contribution in [1.29, 1.82) is 0 Å². The minimum atomic E-state index is -3.53. The summed E-state index contributed by atoms with van der Waals surface area (Å²) in [6.07, 6.45) is 2.38. The van der Waals surface area contributed by atoms with Gasteiger partial charge in [-0.1, -0.05) is 55.0 Å². The molecule has 0 unspecified atom stereocenters. The quantitative estimate of drug-likeness (QED) is 0.895. The van der Waals surface area contributed by atoms with Gasteiger partial charge in [-0.05, 0) is 43.0 Å². The average Bonchev–Trinajstić information content (AvgIpc) is 2.49. The third kappa shape index (κ3) is 4.21. The Hall–Kier alpha value is -2.07. The largest absolute Gasteiger partial charge is 0.280 e. The Morgan fingerprint density at radius 3 is 2.36 bits per heavy atom. The van der Waals surface area contributed by atoms with Gasteiger partial charge in [-0.3, -0.25) is 4.72 Å². The van der Waals surface area contributed by atoms with E-state index in [0.717, 1.165) is 28.7 Å². The highest BCUT2D eigenvalue weighted by Gasteiger charge is 2.11. The molecule has 0 aliphatic carbocycles. The first-order valence-corrected chi connectivity index (χ1v) is 8.82. The second-order valence-corrected chi connectivity index (χ2v) is 6.89. The van der Waals surface area contributed by atoms with Crippen LogP contribution < -0.4 is 4.72 Å². The molecule has 1 N–H and O–H groups in total. The second-order valence-electron chi connectivity index (χ2n) is 5.32. The number of nitrogens with one attached hydrogen (secondary N) is 1. The van der Waals surface area contributed by atoms with Gasteiger partial charge in [-0.25, -0.2) is 8.42 Å². The van der Waals surface area contributed by atoms with Crippen molar-refractivity contribution in [3.8, 4) is 0 Å². The molecule has 2 aromatic rings. The van der Waals surface area contributed by atoms with E-state index in [1.165, 1.54) is 5.41 Å². The molecule has 0 amide bonds. The van der Waals surface area contributed by atoms with Gasteiger partial charge in [0.1, 0.15) is 0 Å². The molecule has 0 bridgehead atoms. The maximum absolute atomic E-state index is 12.3. The summed E-state index contributed by atoms with van der Waals surface area (Å²) in [6.45, 7) is 5.91. The number of benzene rings is 2. The zero-order chi connectivity index (χ0) is 16.2. The van der Waals surface area contributed by atoms with E-state index in [0.29, 0.717) is 5.69 Å². The lowest BCUT2D eigenvalue weighted by Gasteiger charge is -2.12. The number of rotatable bonds is 5. The van der Waals surface area contributed by atoms with Gasteiger partial charge in [0.05, 0.1) is 11.1 Å². The standard InChI is InChI=1S/C18H21NO2S/c1-4-17-7-5-6-15(3)18(17)19-22(20,21)13-12-16-10-8-14(2)9-11-16/h5-13,19H,4H2,1-3H3/b13-12+. The first kappa shape index (κ1) is 16.3. The molecule has 116 valence electrons. The van der Waals surface area contributed by atoms with Gasteiger partial charge in [0.15, 0.2) is 0 Å². The van der Waals surface area contributed by atoms with Crippen molar-refractivity contribution in [3.63, 3.8) is 0 Å². The average molecular weight is 315 g/mol. The van der Waals surface area contributed by atoms with Crippen LogP contribution in [0.5, 0.6) is 0 Å². The minimum Gasteiger partial charge on any atom is -0.280 e. The molecule has 2 aromatic carbocycles. The number of anilines is 1. The number of para-hydroxylation sites is 1. The molecule has 0 aromatic heterocycles. The predicted molar refractivity (Wildman–Crippen MR) is 93.3 cm³/mol. The summed E-state index contributed by atoms with van der Waals surface area (Å²) in [6, 6.07) is 13.5. The summed E-state index contributed by atoms with van der Waals surface area (Å²) >= 11 is 0. The monoisotopic (exact) mass is 315 g/mol. The van der Waals surface area contributed by atoms with E-state index in [2.05, 4.69) is 4.72 Å². The third-order valence-electron chi connectivity index (χ3n) is 3.50. The first-order chi connectivity index (χ1) is 10.4. The van der Waals surface area contributed by atoms with Gasteiger partial charge in [0, 0.05) is 0 Å². The third-order valence-corrected chi connectivity index (χ3v) is 4.48. The Morgan fingerprint density at radius 2 is 1.73 bits per heavy atom. The maximum atomic E-state index is 12.3. The molecule has 4 heteroatoms. The normalized spacial score (nSPS) is 11.8. The highest BCUT2D eigenvalue weighted by Crippen LogP contribution is 2.22. The summed E-state index contributed by atoms with van der Waals surface area (Å²) < 4.78 is 27.2. The Balaban J connectivity index is 2.23. The summed E-state index contributed by atoms with van der Waals surface area (Å²) in [5, 5.41) is 1.21. The molecule has 0 aliphatic heterocycles. The Kier molecular flexibility index (Phi) is 5.03. The number of hydrogen-bond donors (Lipinski definition) is 1. The SMILES string of the molecule is CCc1cccc(C)c1NS(=O)(=O)/C=C/c1ccc(C)cc1. The van der Waals surface area contributed by atoms with Crippen molar-refractivity contribution in [2.45, 2.75) is 27.2 Å². The lowest BCUT2D eigenvalue weighted by molar-refractivity contribution is 0.609. The van der Waals surface area contributed by atoms with Gasteiger partial charge in [-0.2, -0.15) is 0 Å². The van der Waals surface area contributed by atoms with Gasteiger partial charge in [-0.15, -0.1) is 0 Å². The lowest BCUT2D eigenvalue weighted by Crippen LogP contribution is -2.11. The molecule has 0 atom stereocenters. The Labute approximate surface area is 132 Å². The molecule has 0 aliphatic rings. The minimum absolute atomic E-state index is 0.679. The molecule has 0 saturated heterocycles. The van der Waals surface area contributed by atoms with E-state index in [1.807, 2.05) is 63.2 Å². The van der Waals surface area contributed by atoms with Crippen LogP contribution >= 0.6 is 0 Å². The van der Waals surface area contributed by atoms with Crippen LogP contribution in [0.25, 0.3) is 6.08 Å². The summed E-state index contributed by atoms with van der Waals surface area (Å²) in [5.74, 6) is 0. The molecule has 22 heavy (non-hydrogen) atoms. The van der Waals surface area contributed by atoms with Crippen LogP contribution in [0.1, 0.15) is 29.2 Å². The molecule has 0 heterocycles. The van der Waals surface area contributed by atoms with E-state index in [-0.39, 0.29) is 0 Å². The number of aryl methyl sites for hydroxylation is 3. The summed E-state index contributed by atoms with van der Waals surface area (Å²) in [5.41, 5.74) is 4.60. The molecule has 0 saturated carbocycles. The molecule has 0 spiro atoms. The van der Waals surface area contributed by atoms with Crippen molar-refractivity contribution in [1.82, 2.24) is 0 Å². The van der Waals surface area contributed by atoms with E-state index in [9.17, 15) is 8.42 Å². The maximum Gasteiger partial charge on any atom is 0.255 e. The fourth-order valence-corrected chi connectivity index (χ4v) is 3.17. The van der Waals surface area contributed by atoms with Crippen LogP contribution in [0, 0.1) is 13.8 Å². The summed E-state index contributed by atoms with van der Waals surface area (Å²) in [7, 11) is -3.53. The van der Waals surface area contributed by atoms with E-state index >= 15 is 0 Å². The first-order valence-electron chi connectivity index (χ1n) is 7.27. The highest BCUT2D eigenvalue weighted by atomic mass is 32.2.